The summed E-state index contributed by atoms with van der Waals surface area (Å²) >= 11 is 0. The van der Waals surface area contributed by atoms with Crippen molar-refractivity contribution >= 4 is 24.8 Å². The summed E-state index contributed by atoms with van der Waals surface area (Å²) in [7, 11) is 20.3. The van der Waals surface area contributed by atoms with Crippen LogP contribution in [0.4, 0.5) is 0 Å². The Labute approximate surface area is 222 Å². The molecule has 0 radical (unpaired) electrons. The fraction of sp³-hybridized carbons (Fsp3) is 0.571. The monoisotopic (exact) mass is 496 g/mol. The molecule has 0 spiro atoms. The van der Waals surface area contributed by atoms with Crippen molar-refractivity contribution < 1.29 is 9.31 Å². The molecule has 2 heterocycles. The standard InChI is InChI=1S/2C11H16BNO.2C3H9N/c2*1-12-10-7-5-4-6-9(10)11(14-12)8-13(2)3;2*1-4(2)3/h2*4-7,11H,8H2,1-3H3;2*1-3H3. The van der Waals surface area contributed by atoms with Crippen LogP contribution in [0.5, 0.6) is 0 Å². The molecule has 2 aromatic rings. The number of likely N-dealkylation sites (N-methyl/N-ethyl adjacent to an activating group) is 2. The van der Waals surface area contributed by atoms with Gasteiger partial charge in [-0.25, -0.2) is 0 Å². The normalized spacial score (nSPS) is 17.8. The average molecular weight is 496 g/mol. The zero-order chi connectivity index (χ0) is 27.4. The van der Waals surface area contributed by atoms with E-state index in [-0.39, 0.29) is 26.0 Å². The maximum atomic E-state index is 5.90. The largest absolute Gasteiger partial charge is 0.423 e. The van der Waals surface area contributed by atoms with Crippen LogP contribution in [-0.4, -0.2) is 117 Å². The fourth-order valence-corrected chi connectivity index (χ4v) is 4.08. The average Bonchev–Trinajstić information content (AvgIpc) is 3.24. The van der Waals surface area contributed by atoms with Crippen molar-refractivity contribution in [1.29, 1.82) is 0 Å². The zero-order valence-corrected chi connectivity index (χ0v) is 24.9. The predicted molar refractivity (Wildman–Crippen MR) is 159 cm³/mol. The van der Waals surface area contributed by atoms with Crippen LogP contribution in [0.15, 0.2) is 48.5 Å². The Morgan fingerprint density at radius 1 is 0.556 bits per heavy atom. The molecule has 2 aliphatic heterocycles. The van der Waals surface area contributed by atoms with Crippen molar-refractivity contribution in [3.05, 3.63) is 59.7 Å². The summed E-state index contributed by atoms with van der Waals surface area (Å²) in [6, 6.07) is 17.0. The molecule has 0 N–H and O–H groups in total. The van der Waals surface area contributed by atoms with Gasteiger partial charge in [-0.1, -0.05) is 62.2 Å². The number of benzene rings is 2. The third-order valence-electron chi connectivity index (χ3n) is 5.36. The lowest BCUT2D eigenvalue weighted by Gasteiger charge is -2.17. The van der Waals surface area contributed by atoms with Crippen LogP contribution < -0.4 is 10.9 Å². The van der Waals surface area contributed by atoms with Crippen LogP contribution in [-0.2, 0) is 9.31 Å². The van der Waals surface area contributed by atoms with Crippen LogP contribution in [0.3, 0.4) is 0 Å². The third-order valence-corrected chi connectivity index (χ3v) is 5.36. The number of nitrogens with zero attached hydrogens (tertiary/aromatic N) is 4. The van der Waals surface area contributed by atoms with Crippen molar-refractivity contribution in [1.82, 2.24) is 19.6 Å². The van der Waals surface area contributed by atoms with Gasteiger partial charge in [0.1, 0.15) is 0 Å². The van der Waals surface area contributed by atoms with Gasteiger partial charge in [0, 0.05) is 13.1 Å². The Hall–Kier alpha value is -1.67. The molecular formula is C28H50B2N4O2. The van der Waals surface area contributed by atoms with Crippen LogP contribution >= 0.6 is 0 Å². The summed E-state index contributed by atoms with van der Waals surface area (Å²) in [5, 5.41) is 0. The minimum absolute atomic E-state index is 0.246. The van der Waals surface area contributed by atoms with Crippen molar-refractivity contribution in [2.24, 2.45) is 0 Å². The quantitative estimate of drug-likeness (QED) is 0.606. The second-order valence-corrected chi connectivity index (χ2v) is 11.0. The van der Waals surface area contributed by atoms with Crippen molar-refractivity contribution in [3.8, 4) is 0 Å². The summed E-state index contributed by atoms with van der Waals surface area (Å²) in [6.45, 7) is 6.65. The molecule has 2 aromatic carbocycles. The highest BCUT2D eigenvalue weighted by atomic mass is 16.5. The summed E-state index contributed by atoms with van der Waals surface area (Å²) in [6.07, 6.45) is 0.493. The van der Waals surface area contributed by atoms with E-state index < -0.39 is 0 Å². The Morgan fingerprint density at radius 3 is 1.11 bits per heavy atom. The first-order valence-electron chi connectivity index (χ1n) is 12.8. The van der Waals surface area contributed by atoms with Gasteiger partial charge in [-0.15, -0.1) is 0 Å². The van der Waals surface area contributed by atoms with Crippen molar-refractivity contribution in [3.63, 3.8) is 0 Å². The van der Waals surface area contributed by atoms with Crippen LogP contribution in [0.25, 0.3) is 0 Å². The molecule has 0 fully saturated rings. The number of hydrogen-bond donors (Lipinski definition) is 0. The number of fused-ring (bicyclic) bond motifs is 2. The maximum absolute atomic E-state index is 5.90. The second-order valence-electron chi connectivity index (χ2n) is 11.0. The molecule has 36 heavy (non-hydrogen) atoms. The molecule has 2 unspecified atom stereocenters. The van der Waals surface area contributed by atoms with E-state index in [1.807, 2.05) is 52.1 Å². The Bertz CT molecular complexity index is 799. The zero-order valence-electron chi connectivity index (χ0n) is 24.9. The molecule has 2 aliphatic rings. The summed E-state index contributed by atoms with van der Waals surface area (Å²) in [4.78, 5) is 8.33. The van der Waals surface area contributed by atoms with Crippen LogP contribution in [0.1, 0.15) is 23.3 Å². The highest BCUT2D eigenvalue weighted by Gasteiger charge is 2.32. The first-order valence-corrected chi connectivity index (χ1v) is 12.8. The third kappa shape index (κ3) is 11.6. The molecule has 0 aromatic heterocycles. The molecule has 2 atom stereocenters. The molecule has 0 amide bonds. The van der Waals surface area contributed by atoms with Crippen LogP contribution in [0.2, 0.25) is 13.6 Å². The van der Waals surface area contributed by atoms with Gasteiger partial charge in [-0.2, -0.15) is 0 Å². The molecular weight excluding hydrogens is 446 g/mol. The Morgan fingerprint density at radius 2 is 0.833 bits per heavy atom. The van der Waals surface area contributed by atoms with Gasteiger partial charge in [0.2, 0.25) is 0 Å². The van der Waals surface area contributed by atoms with Crippen molar-refractivity contribution in [2.75, 3.05) is 83.6 Å². The van der Waals surface area contributed by atoms with Gasteiger partial charge in [-0.05, 0) is 92.5 Å². The topological polar surface area (TPSA) is 31.4 Å². The second kappa shape index (κ2) is 16.2. The molecule has 0 aliphatic carbocycles. The molecule has 0 saturated heterocycles. The van der Waals surface area contributed by atoms with E-state index in [1.54, 1.807) is 0 Å². The molecule has 8 heteroatoms. The fourth-order valence-electron chi connectivity index (χ4n) is 4.08. The number of rotatable bonds is 4. The summed E-state index contributed by atoms with van der Waals surface area (Å²) in [5.74, 6) is 0. The molecule has 4 rings (SSSR count). The first kappa shape index (κ1) is 32.4. The van der Waals surface area contributed by atoms with E-state index in [0.717, 1.165) is 13.1 Å². The van der Waals surface area contributed by atoms with Gasteiger partial charge in [0.25, 0.3) is 0 Å². The summed E-state index contributed by atoms with van der Waals surface area (Å²) < 4.78 is 11.8. The predicted octanol–water partition coefficient (Wildman–Crippen LogP) is 2.65. The van der Waals surface area contributed by atoms with E-state index in [9.17, 15) is 0 Å². The minimum atomic E-state index is 0.246. The molecule has 6 nitrogen and oxygen atoms in total. The van der Waals surface area contributed by atoms with Gasteiger partial charge in [0.05, 0.1) is 12.2 Å². The lowest BCUT2D eigenvalue weighted by molar-refractivity contribution is 0.176. The molecule has 0 saturated carbocycles. The minimum Gasteiger partial charge on any atom is -0.423 e. The number of hydrogen-bond acceptors (Lipinski definition) is 6. The highest BCUT2D eigenvalue weighted by Crippen LogP contribution is 2.25. The lowest BCUT2D eigenvalue weighted by atomic mass is 9.64. The van der Waals surface area contributed by atoms with Gasteiger partial charge in [0.15, 0.2) is 0 Å². The Kier molecular flexibility index (Phi) is 14.6. The van der Waals surface area contributed by atoms with Gasteiger partial charge in [-0.3, -0.25) is 0 Å². The SMILES string of the molecule is CB1OC(CN(C)C)c2ccccc21.CB1OC(CN(C)C)c2ccccc21.CN(C)C.CN(C)C. The maximum Gasteiger partial charge on any atom is 0.324 e. The van der Waals surface area contributed by atoms with E-state index in [0.29, 0.717) is 0 Å². The van der Waals surface area contributed by atoms with Gasteiger partial charge >= 0.3 is 13.8 Å². The first-order chi connectivity index (χ1) is 16.8. The highest BCUT2D eigenvalue weighted by molar-refractivity contribution is 6.68. The van der Waals surface area contributed by atoms with Crippen molar-refractivity contribution in [2.45, 2.75) is 25.9 Å². The van der Waals surface area contributed by atoms with E-state index >= 15 is 0 Å². The van der Waals surface area contributed by atoms with E-state index in [4.69, 9.17) is 9.31 Å². The van der Waals surface area contributed by atoms with E-state index in [2.05, 4.69) is 100 Å². The smallest absolute Gasteiger partial charge is 0.324 e. The van der Waals surface area contributed by atoms with Gasteiger partial charge < -0.3 is 28.9 Å². The van der Waals surface area contributed by atoms with E-state index in [1.165, 1.54) is 22.1 Å². The van der Waals surface area contributed by atoms with Crippen LogP contribution in [0, 0.1) is 0 Å². The molecule has 200 valence electrons. The lowest BCUT2D eigenvalue weighted by Crippen LogP contribution is -2.24. The Balaban J connectivity index is 0.000000279. The summed E-state index contributed by atoms with van der Waals surface area (Å²) in [5.41, 5.74) is 5.40. The molecule has 0 bridgehead atoms.